The zero-order valence-electron chi connectivity index (χ0n) is 20.3. The van der Waals surface area contributed by atoms with Gasteiger partial charge in [-0.2, -0.15) is 0 Å². The molecule has 1 aromatic rings. The SMILES string of the molecule is CCCCCCCCOc1ccc(/C=C2/SC(=S)N(C(CCC(N)=O)C(=O)O)C2=O)cc1OCC. The molecule has 0 bridgehead atoms. The summed E-state index contributed by atoms with van der Waals surface area (Å²) in [5, 5.41) is 9.56. The van der Waals surface area contributed by atoms with Crippen molar-refractivity contribution in [2.24, 2.45) is 5.73 Å². The minimum absolute atomic E-state index is 0.108. The van der Waals surface area contributed by atoms with Gasteiger partial charge in [-0.15, -0.1) is 0 Å². The number of amides is 2. The molecule has 1 unspecified atom stereocenters. The van der Waals surface area contributed by atoms with E-state index in [-0.39, 0.29) is 17.2 Å². The number of carbonyl (C=O) groups excluding carboxylic acids is 2. The van der Waals surface area contributed by atoms with Crippen molar-refractivity contribution in [1.29, 1.82) is 0 Å². The largest absolute Gasteiger partial charge is 0.490 e. The first-order valence-corrected chi connectivity index (χ1v) is 13.2. The molecule has 0 aromatic heterocycles. The summed E-state index contributed by atoms with van der Waals surface area (Å²) in [6.07, 6.45) is 8.42. The van der Waals surface area contributed by atoms with Crippen LogP contribution in [0, 0.1) is 0 Å². The highest BCUT2D eigenvalue weighted by Gasteiger charge is 2.40. The van der Waals surface area contributed by atoms with Gasteiger partial charge in [0.05, 0.1) is 18.1 Å². The number of carboxylic acids is 1. The average molecular weight is 523 g/mol. The summed E-state index contributed by atoms with van der Waals surface area (Å²) in [7, 11) is 0. The second kappa shape index (κ2) is 14.7. The van der Waals surface area contributed by atoms with Crippen LogP contribution in [0.25, 0.3) is 6.08 Å². The Morgan fingerprint density at radius 2 is 1.86 bits per heavy atom. The molecule has 3 N–H and O–H groups in total. The molecule has 1 aromatic carbocycles. The Hall–Kier alpha value is -2.59. The predicted octanol–water partition coefficient (Wildman–Crippen LogP) is 4.74. The Bertz CT molecular complexity index is 950. The fraction of sp³-hybridized carbons (Fsp3) is 0.520. The van der Waals surface area contributed by atoms with E-state index in [1.807, 2.05) is 19.1 Å². The summed E-state index contributed by atoms with van der Waals surface area (Å²) in [6, 6.07) is 4.15. The normalized spacial score (nSPS) is 15.5. The average Bonchev–Trinajstić information content (AvgIpc) is 3.07. The van der Waals surface area contributed by atoms with Crippen molar-refractivity contribution < 1.29 is 29.0 Å². The van der Waals surface area contributed by atoms with Crippen LogP contribution in [0.2, 0.25) is 0 Å². The number of primary amides is 1. The number of hydrogen-bond acceptors (Lipinski definition) is 7. The summed E-state index contributed by atoms with van der Waals surface area (Å²) in [6.45, 7) is 5.14. The Balaban J connectivity index is 2.10. The van der Waals surface area contributed by atoms with E-state index in [0.29, 0.717) is 35.2 Å². The number of thioether (sulfide) groups is 1. The lowest BCUT2D eigenvalue weighted by molar-refractivity contribution is -0.145. The summed E-state index contributed by atoms with van der Waals surface area (Å²) in [4.78, 5) is 37.1. The summed E-state index contributed by atoms with van der Waals surface area (Å²) >= 11 is 6.29. The highest BCUT2D eigenvalue weighted by atomic mass is 32.2. The van der Waals surface area contributed by atoms with E-state index in [0.717, 1.165) is 29.5 Å². The molecule has 0 spiro atoms. The second-order valence-corrected chi connectivity index (χ2v) is 9.84. The van der Waals surface area contributed by atoms with Gasteiger partial charge in [0.2, 0.25) is 5.91 Å². The molecule has 192 valence electrons. The van der Waals surface area contributed by atoms with Gasteiger partial charge in [0.1, 0.15) is 10.4 Å². The summed E-state index contributed by atoms with van der Waals surface area (Å²) < 4.78 is 11.8. The van der Waals surface area contributed by atoms with Gasteiger partial charge in [0.15, 0.2) is 11.5 Å². The van der Waals surface area contributed by atoms with Crippen molar-refractivity contribution >= 4 is 52.2 Å². The van der Waals surface area contributed by atoms with Crippen LogP contribution < -0.4 is 15.2 Å². The Morgan fingerprint density at radius 1 is 1.14 bits per heavy atom. The van der Waals surface area contributed by atoms with Crippen LogP contribution in [-0.4, -0.2) is 51.4 Å². The number of benzene rings is 1. The molecule has 10 heteroatoms. The zero-order chi connectivity index (χ0) is 25.8. The van der Waals surface area contributed by atoms with E-state index < -0.39 is 23.8 Å². The van der Waals surface area contributed by atoms with Crippen molar-refractivity contribution in [3.05, 3.63) is 28.7 Å². The first kappa shape index (κ1) is 28.6. The molecule has 35 heavy (non-hydrogen) atoms. The lowest BCUT2D eigenvalue weighted by Crippen LogP contribution is -2.44. The van der Waals surface area contributed by atoms with Crippen molar-refractivity contribution in [2.75, 3.05) is 13.2 Å². The third kappa shape index (κ3) is 8.85. The number of nitrogens with zero attached hydrogens (tertiary/aromatic N) is 1. The van der Waals surface area contributed by atoms with Gasteiger partial charge in [0, 0.05) is 6.42 Å². The van der Waals surface area contributed by atoms with Crippen LogP contribution in [0.5, 0.6) is 11.5 Å². The molecule has 1 aliphatic rings. The molecule has 1 fully saturated rings. The van der Waals surface area contributed by atoms with Gasteiger partial charge in [0.25, 0.3) is 5.91 Å². The van der Waals surface area contributed by atoms with E-state index in [1.165, 1.54) is 25.7 Å². The number of carboxylic acid groups (broad SMARTS) is 1. The smallest absolute Gasteiger partial charge is 0.326 e. The van der Waals surface area contributed by atoms with Crippen LogP contribution in [-0.2, 0) is 14.4 Å². The van der Waals surface area contributed by atoms with Gasteiger partial charge >= 0.3 is 5.97 Å². The summed E-state index contributed by atoms with van der Waals surface area (Å²) in [5.41, 5.74) is 5.84. The fourth-order valence-electron chi connectivity index (χ4n) is 3.61. The molecular formula is C25H34N2O6S2. The van der Waals surface area contributed by atoms with E-state index in [9.17, 15) is 19.5 Å². The summed E-state index contributed by atoms with van der Waals surface area (Å²) in [5.74, 6) is -1.18. The third-order valence-corrected chi connectivity index (χ3v) is 6.74. The quantitative estimate of drug-likeness (QED) is 0.181. The minimum Gasteiger partial charge on any atom is -0.490 e. The van der Waals surface area contributed by atoms with Crippen LogP contribution >= 0.6 is 24.0 Å². The first-order chi connectivity index (χ1) is 16.8. The molecule has 0 saturated carbocycles. The van der Waals surface area contributed by atoms with Gasteiger partial charge in [-0.1, -0.05) is 69.1 Å². The topological polar surface area (TPSA) is 119 Å². The molecule has 1 aliphatic heterocycles. The number of carbonyl (C=O) groups is 3. The maximum atomic E-state index is 13.0. The van der Waals surface area contributed by atoms with E-state index in [2.05, 4.69) is 6.92 Å². The minimum atomic E-state index is -1.25. The van der Waals surface area contributed by atoms with Crippen molar-refractivity contribution in [3.8, 4) is 11.5 Å². The Morgan fingerprint density at radius 3 is 2.51 bits per heavy atom. The number of ether oxygens (including phenoxy) is 2. The van der Waals surface area contributed by atoms with Crippen molar-refractivity contribution in [1.82, 2.24) is 4.90 Å². The number of nitrogens with two attached hydrogens (primary N) is 1. The number of thiocarbonyl (C=S) groups is 1. The van der Waals surface area contributed by atoms with Gasteiger partial charge < -0.3 is 20.3 Å². The van der Waals surface area contributed by atoms with Gasteiger partial charge in [-0.05, 0) is 43.5 Å². The second-order valence-electron chi connectivity index (χ2n) is 8.17. The molecule has 8 nitrogen and oxygen atoms in total. The molecule has 1 atom stereocenters. The van der Waals surface area contributed by atoms with Gasteiger partial charge in [-0.25, -0.2) is 4.79 Å². The first-order valence-electron chi connectivity index (χ1n) is 12.0. The number of unbranched alkanes of at least 4 members (excludes halogenated alkanes) is 5. The van der Waals surface area contributed by atoms with Gasteiger partial charge in [-0.3, -0.25) is 14.5 Å². The number of aliphatic carboxylic acids is 1. The standard InChI is InChI=1S/C25H34N2O6S2/c1-3-5-6-7-8-9-14-33-19-12-10-17(15-20(19)32-4-2)16-21-23(29)27(25(34)35-21)18(24(30)31)11-13-22(26)28/h10,12,15-16,18H,3-9,11,13-14H2,1-2H3,(H2,26,28)(H,30,31)/b21-16+. The molecule has 1 heterocycles. The number of hydrogen-bond donors (Lipinski definition) is 2. The molecule has 1 saturated heterocycles. The van der Waals surface area contributed by atoms with Crippen LogP contribution in [0.3, 0.4) is 0 Å². The maximum Gasteiger partial charge on any atom is 0.326 e. The van der Waals surface area contributed by atoms with E-state index in [1.54, 1.807) is 12.1 Å². The lowest BCUT2D eigenvalue weighted by Gasteiger charge is -2.22. The molecule has 0 aliphatic carbocycles. The molecular weight excluding hydrogens is 488 g/mol. The molecule has 0 radical (unpaired) electrons. The lowest BCUT2D eigenvalue weighted by atomic mass is 10.1. The zero-order valence-corrected chi connectivity index (χ0v) is 21.9. The predicted molar refractivity (Wildman–Crippen MR) is 141 cm³/mol. The van der Waals surface area contributed by atoms with Crippen LogP contribution in [0.15, 0.2) is 23.1 Å². The maximum absolute atomic E-state index is 13.0. The van der Waals surface area contributed by atoms with E-state index in [4.69, 9.17) is 27.4 Å². The van der Waals surface area contributed by atoms with Crippen molar-refractivity contribution in [3.63, 3.8) is 0 Å². The highest BCUT2D eigenvalue weighted by molar-refractivity contribution is 8.26. The Kier molecular flexibility index (Phi) is 12.1. The fourth-order valence-corrected chi connectivity index (χ4v) is 4.97. The van der Waals surface area contributed by atoms with Crippen LogP contribution in [0.1, 0.15) is 70.8 Å². The third-order valence-electron chi connectivity index (χ3n) is 5.41. The molecule has 2 rings (SSSR count). The monoisotopic (exact) mass is 522 g/mol. The molecule has 2 amide bonds. The van der Waals surface area contributed by atoms with E-state index >= 15 is 0 Å². The highest BCUT2D eigenvalue weighted by Crippen LogP contribution is 2.36. The number of rotatable bonds is 16. The Labute approximate surface area is 216 Å². The van der Waals surface area contributed by atoms with Crippen molar-refractivity contribution in [2.45, 2.75) is 71.3 Å². The van der Waals surface area contributed by atoms with Crippen LogP contribution in [0.4, 0.5) is 0 Å².